The quantitative estimate of drug-likeness (QED) is 0.365. The minimum Gasteiger partial charge on any atom is -0.288 e. The largest absolute Gasteiger partial charge is 0.306 e. The van der Waals surface area contributed by atoms with E-state index in [4.69, 9.17) is 0 Å². The summed E-state index contributed by atoms with van der Waals surface area (Å²) in [7, 11) is 0. The minimum atomic E-state index is -0.877. The van der Waals surface area contributed by atoms with Crippen molar-refractivity contribution in [1.82, 2.24) is 0 Å². The van der Waals surface area contributed by atoms with Gasteiger partial charge in [0.2, 0.25) is 5.82 Å². The van der Waals surface area contributed by atoms with E-state index in [2.05, 4.69) is 11.8 Å². The molecule has 94 valence electrons. The molecule has 0 spiro atoms. The molecular formula is C12H10FNO3S. The molecule has 1 aromatic carbocycles. The first-order valence-electron chi connectivity index (χ1n) is 5.07. The maximum Gasteiger partial charge on any atom is 0.306 e. The minimum absolute atomic E-state index is 0.0224. The fourth-order valence-electron chi connectivity index (χ4n) is 1.14. The average molecular weight is 267 g/mol. The number of hydrogen-bond acceptors (Lipinski definition) is 4. The Hall–Kier alpha value is -1.87. The molecule has 0 aliphatic rings. The van der Waals surface area contributed by atoms with Gasteiger partial charge in [-0.15, -0.1) is 0 Å². The normalized spacial score (nSPS) is 9.44. The van der Waals surface area contributed by atoms with E-state index in [-0.39, 0.29) is 5.12 Å². The number of nitro benzene ring substituents is 1. The molecule has 6 heteroatoms. The summed E-state index contributed by atoms with van der Waals surface area (Å²) in [6.45, 7) is 1.47. The van der Waals surface area contributed by atoms with E-state index in [1.165, 1.54) is 24.8 Å². The van der Waals surface area contributed by atoms with Crippen LogP contribution in [0.15, 0.2) is 18.2 Å². The molecule has 0 N–H and O–H groups in total. The summed E-state index contributed by atoms with van der Waals surface area (Å²) in [6, 6.07) is 3.50. The highest BCUT2D eigenvalue weighted by atomic mass is 32.2. The summed E-state index contributed by atoms with van der Waals surface area (Å²) in [4.78, 5) is 20.3. The van der Waals surface area contributed by atoms with Crippen molar-refractivity contribution < 1.29 is 14.1 Å². The molecule has 0 bridgehead atoms. The molecule has 0 heterocycles. The third kappa shape index (κ3) is 4.55. The number of benzene rings is 1. The van der Waals surface area contributed by atoms with Gasteiger partial charge in [-0.3, -0.25) is 14.9 Å². The lowest BCUT2D eigenvalue weighted by molar-refractivity contribution is -0.387. The monoisotopic (exact) mass is 267 g/mol. The first kappa shape index (κ1) is 14.2. The second-order valence-electron chi connectivity index (χ2n) is 3.32. The van der Waals surface area contributed by atoms with Crippen LogP contribution < -0.4 is 0 Å². The molecule has 4 nitrogen and oxygen atoms in total. The Bertz CT molecular complexity index is 534. The van der Waals surface area contributed by atoms with E-state index in [0.29, 0.717) is 17.7 Å². The predicted molar refractivity (Wildman–Crippen MR) is 67.7 cm³/mol. The molecule has 18 heavy (non-hydrogen) atoms. The van der Waals surface area contributed by atoms with Crippen LogP contribution in [0.1, 0.15) is 18.9 Å². The second kappa shape index (κ2) is 6.77. The third-order valence-electron chi connectivity index (χ3n) is 1.91. The first-order valence-corrected chi connectivity index (χ1v) is 6.05. The Balaban J connectivity index is 2.68. The molecule has 1 rings (SSSR count). The summed E-state index contributed by atoms with van der Waals surface area (Å²) >= 11 is 1.17. The average Bonchev–Trinajstić information content (AvgIpc) is 2.30. The van der Waals surface area contributed by atoms with Crippen LogP contribution in [0.25, 0.3) is 0 Å². The maximum atomic E-state index is 13.0. The molecule has 0 aliphatic heterocycles. The summed E-state index contributed by atoms with van der Waals surface area (Å²) in [6.07, 6.45) is 0.495. The number of carbonyl (C=O) groups is 1. The van der Waals surface area contributed by atoms with Gasteiger partial charge in [0.1, 0.15) is 0 Å². The molecule has 0 radical (unpaired) electrons. The fourth-order valence-corrected chi connectivity index (χ4v) is 1.63. The number of nitrogens with zero attached hydrogens (tertiary/aromatic N) is 1. The molecule has 0 unspecified atom stereocenters. The van der Waals surface area contributed by atoms with Gasteiger partial charge in [-0.25, -0.2) is 0 Å². The van der Waals surface area contributed by atoms with Gasteiger partial charge in [0.05, 0.1) is 4.92 Å². The maximum absolute atomic E-state index is 13.0. The van der Waals surface area contributed by atoms with Crippen LogP contribution in [-0.2, 0) is 4.79 Å². The van der Waals surface area contributed by atoms with E-state index in [9.17, 15) is 19.3 Å². The lowest BCUT2D eigenvalue weighted by Crippen LogP contribution is -1.92. The van der Waals surface area contributed by atoms with Crippen LogP contribution in [0.5, 0.6) is 0 Å². The summed E-state index contributed by atoms with van der Waals surface area (Å²) in [5.74, 6) is 5.17. The third-order valence-corrected chi connectivity index (χ3v) is 2.72. The second-order valence-corrected chi connectivity index (χ2v) is 4.59. The zero-order valence-corrected chi connectivity index (χ0v) is 10.4. The lowest BCUT2D eigenvalue weighted by atomic mass is 10.2. The SMILES string of the molecule is CC(=O)SCCC#Cc1ccc(F)c([N+](=O)[O-])c1. The zero-order chi connectivity index (χ0) is 13.5. The standard InChI is InChI=1S/C12H10FNO3S/c1-9(15)18-7-3-2-4-10-5-6-11(13)12(8-10)14(16)17/h5-6,8H,3,7H2,1H3. The zero-order valence-electron chi connectivity index (χ0n) is 9.60. The van der Waals surface area contributed by atoms with Crippen LogP contribution in [0.3, 0.4) is 0 Å². The smallest absolute Gasteiger partial charge is 0.288 e. The van der Waals surface area contributed by atoms with Crippen LogP contribution in [0.4, 0.5) is 10.1 Å². The Morgan fingerprint density at radius 2 is 2.28 bits per heavy atom. The van der Waals surface area contributed by atoms with Crippen LogP contribution in [0.2, 0.25) is 0 Å². The van der Waals surface area contributed by atoms with Gasteiger partial charge in [0.15, 0.2) is 5.12 Å². The molecule has 0 saturated heterocycles. The van der Waals surface area contributed by atoms with Crippen LogP contribution in [-0.4, -0.2) is 15.8 Å². The highest BCUT2D eigenvalue weighted by Gasteiger charge is 2.13. The highest BCUT2D eigenvalue weighted by Crippen LogP contribution is 2.17. The highest BCUT2D eigenvalue weighted by molar-refractivity contribution is 8.13. The van der Waals surface area contributed by atoms with E-state index >= 15 is 0 Å². The Morgan fingerprint density at radius 3 is 2.89 bits per heavy atom. The molecule has 0 amide bonds. The van der Waals surface area contributed by atoms with Crippen molar-refractivity contribution in [1.29, 1.82) is 0 Å². The van der Waals surface area contributed by atoms with Crippen molar-refractivity contribution in [2.75, 3.05) is 5.75 Å². The van der Waals surface area contributed by atoms with Crippen molar-refractivity contribution in [3.8, 4) is 11.8 Å². The lowest BCUT2D eigenvalue weighted by Gasteiger charge is -1.94. The van der Waals surface area contributed by atoms with E-state index in [0.717, 1.165) is 12.1 Å². The Morgan fingerprint density at radius 1 is 1.56 bits per heavy atom. The van der Waals surface area contributed by atoms with E-state index < -0.39 is 16.4 Å². The predicted octanol–water partition coefficient (Wildman–Crippen LogP) is 2.76. The van der Waals surface area contributed by atoms with Crippen molar-refractivity contribution in [2.45, 2.75) is 13.3 Å². The van der Waals surface area contributed by atoms with Gasteiger partial charge < -0.3 is 0 Å². The van der Waals surface area contributed by atoms with Crippen molar-refractivity contribution >= 4 is 22.6 Å². The van der Waals surface area contributed by atoms with Gasteiger partial charge in [-0.05, 0) is 12.1 Å². The van der Waals surface area contributed by atoms with Gasteiger partial charge in [-0.2, -0.15) is 4.39 Å². The summed E-state index contributed by atoms with van der Waals surface area (Å²) in [5, 5.41) is 10.5. The van der Waals surface area contributed by atoms with Gasteiger partial charge in [0, 0.05) is 30.7 Å². The number of rotatable bonds is 3. The molecular weight excluding hydrogens is 257 g/mol. The van der Waals surface area contributed by atoms with Crippen molar-refractivity contribution in [3.05, 3.63) is 39.7 Å². The molecule has 0 atom stereocenters. The molecule has 0 aromatic heterocycles. The first-order chi connectivity index (χ1) is 8.50. The number of carbonyl (C=O) groups excluding carboxylic acids is 1. The number of hydrogen-bond donors (Lipinski definition) is 0. The Labute approximate surface area is 108 Å². The summed E-state index contributed by atoms with van der Waals surface area (Å²) in [5.41, 5.74) is -0.198. The van der Waals surface area contributed by atoms with Crippen LogP contribution >= 0.6 is 11.8 Å². The Kier molecular flexibility index (Phi) is 5.33. The van der Waals surface area contributed by atoms with E-state index in [1.807, 2.05) is 0 Å². The summed E-state index contributed by atoms with van der Waals surface area (Å²) < 4.78 is 13.0. The number of thioether (sulfide) groups is 1. The van der Waals surface area contributed by atoms with Crippen LogP contribution in [0, 0.1) is 27.8 Å². The molecule has 0 fully saturated rings. The number of halogens is 1. The van der Waals surface area contributed by atoms with E-state index in [1.54, 1.807) is 0 Å². The van der Waals surface area contributed by atoms with Crippen molar-refractivity contribution in [3.63, 3.8) is 0 Å². The molecule has 0 saturated carbocycles. The topological polar surface area (TPSA) is 60.2 Å². The molecule has 0 aliphatic carbocycles. The van der Waals surface area contributed by atoms with Gasteiger partial charge >= 0.3 is 5.69 Å². The molecule has 1 aromatic rings. The van der Waals surface area contributed by atoms with Crippen molar-refractivity contribution in [2.24, 2.45) is 0 Å². The fraction of sp³-hybridized carbons (Fsp3) is 0.250. The van der Waals surface area contributed by atoms with Gasteiger partial charge in [-0.1, -0.05) is 23.6 Å². The number of nitro groups is 1. The van der Waals surface area contributed by atoms with Gasteiger partial charge in [0.25, 0.3) is 0 Å².